The smallest absolute Gasteiger partial charge is 0.254 e. The van der Waals surface area contributed by atoms with Crippen molar-refractivity contribution in [3.63, 3.8) is 0 Å². The van der Waals surface area contributed by atoms with Gasteiger partial charge >= 0.3 is 0 Å². The third-order valence-corrected chi connectivity index (χ3v) is 3.55. The van der Waals surface area contributed by atoms with E-state index in [0.717, 1.165) is 16.5 Å². The summed E-state index contributed by atoms with van der Waals surface area (Å²) >= 11 is 0. The first-order chi connectivity index (χ1) is 10.8. The van der Waals surface area contributed by atoms with Crippen LogP contribution in [0.4, 0.5) is 0 Å². The Balaban J connectivity index is 1.85. The van der Waals surface area contributed by atoms with E-state index in [4.69, 9.17) is 0 Å². The van der Waals surface area contributed by atoms with Gasteiger partial charge in [-0.2, -0.15) is 0 Å². The van der Waals surface area contributed by atoms with Crippen LogP contribution in [0.15, 0.2) is 55.0 Å². The summed E-state index contributed by atoms with van der Waals surface area (Å²) in [6.45, 7) is 0.649. The maximum Gasteiger partial charge on any atom is 0.254 e. The fourth-order valence-corrected chi connectivity index (χ4v) is 2.45. The molecule has 2 aromatic heterocycles. The normalized spacial score (nSPS) is 10.8. The highest BCUT2D eigenvalue weighted by molar-refractivity contribution is 5.98. The third-order valence-electron chi connectivity index (χ3n) is 3.55. The molecule has 0 unspecified atom stereocenters. The second kappa shape index (κ2) is 6.41. The lowest BCUT2D eigenvalue weighted by Crippen LogP contribution is -2.33. The lowest BCUT2D eigenvalue weighted by molar-refractivity contribution is 0.0708. The summed E-state index contributed by atoms with van der Waals surface area (Å²) < 4.78 is 0. The molecule has 0 radical (unpaired) electrons. The SMILES string of the molecule is O=C(c1ccc2[nH]ccc2c1)N(CCO)Cc1cccnc1. The predicted molar refractivity (Wildman–Crippen MR) is 84.4 cm³/mol. The minimum Gasteiger partial charge on any atom is -0.395 e. The van der Waals surface area contributed by atoms with Gasteiger partial charge in [0.1, 0.15) is 0 Å². The summed E-state index contributed by atoms with van der Waals surface area (Å²) in [6, 6.07) is 11.2. The molecule has 0 fully saturated rings. The molecule has 1 aromatic carbocycles. The molecule has 0 aliphatic heterocycles. The summed E-state index contributed by atoms with van der Waals surface area (Å²) in [5.41, 5.74) is 2.55. The molecule has 2 heterocycles. The Morgan fingerprint density at radius 1 is 1.27 bits per heavy atom. The molecule has 5 nitrogen and oxygen atoms in total. The number of rotatable bonds is 5. The summed E-state index contributed by atoms with van der Waals surface area (Å²) in [5, 5.41) is 10.2. The predicted octanol–water partition coefficient (Wildman–Crippen LogP) is 2.20. The van der Waals surface area contributed by atoms with Crippen molar-refractivity contribution < 1.29 is 9.90 Å². The summed E-state index contributed by atoms with van der Waals surface area (Å²) in [5.74, 6) is -0.0963. The highest BCUT2D eigenvalue weighted by Gasteiger charge is 2.16. The first-order valence-corrected chi connectivity index (χ1v) is 7.14. The Labute approximate surface area is 128 Å². The fourth-order valence-electron chi connectivity index (χ4n) is 2.45. The molecule has 2 N–H and O–H groups in total. The van der Waals surface area contributed by atoms with Crippen LogP contribution in [0.2, 0.25) is 0 Å². The number of aliphatic hydroxyl groups excluding tert-OH is 1. The number of carbonyl (C=O) groups excluding carboxylic acids is 1. The minimum atomic E-state index is -0.0963. The van der Waals surface area contributed by atoms with Gasteiger partial charge in [0.2, 0.25) is 0 Å². The average molecular weight is 295 g/mol. The number of nitrogens with one attached hydrogen (secondary N) is 1. The van der Waals surface area contributed by atoms with Crippen molar-refractivity contribution in [2.75, 3.05) is 13.2 Å². The van der Waals surface area contributed by atoms with E-state index in [1.807, 2.05) is 36.5 Å². The fraction of sp³-hybridized carbons (Fsp3) is 0.176. The van der Waals surface area contributed by atoms with Gasteiger partial charge in [0.15, 0.2) is 0 Å². The van der Waals surface area contributed by atoms with Gasteiger partial charge in [0.25, 0.3) is 5.91 Å². The maximum atomic E-state index is 12.7. The number of carbonyl (C=O) groups is 1. The Morgan fingerprint density at radius 2 is 2.18 bits per heavy atom. The Bertz CT molecular complexity index is 768. The Hall–Kier alpha value is -2.66. The number of benzene rings is 1. The van der Waals surface area contributed by atoms with E-state index in [2.05, 4.69) is 9.97 Å². The monoisotopic (exact) mass is 295 g/mol. The molecule has 112 valence electrons. The van der Waals surface area contributed by atoms with Crippen LogP contribution in [0.1, 0.15) is 15.9 Å². The van der Waals surface area contributed by atoms with E-state index in [1.165, 1.54) is 0 Å². The van der Waals surface area contributed by atoms with Gasteiger partial charge in [0, 0.05) is 48.1 Å². The number of aromatic nitrogens is 2. The molecule has 0 bridgehead atoms. The van der Waals surface area contributed by atoms with Gasteiger partial charge in [-0.15, -0.1) is 0 Å². The second-order valence-corrected chi connectivity index (χ2v) is 5.09. The molecule has 0 aliphatic rings. The van der Waals surface area contributed by atoms with Gasteiger partial charge in [-0.3, -0.25) is 9.78 Å². The molecule has 3 aromatic rings. The summed E-state index contributed by atoms with van der Waals surface area (Å²) in [7, 11) is 0. The zero-order valence-electron chi connectivity index (χ0n) is 12.1. The van der Waals surface area contributed by atoms with E-state index in [0.29, 0.717) is 18.7 Å². The van der Waals surface area contributed by atoms with Gasteiger partial charge in [0.05, 0.1) is 6.61 Å². The number of aromatic amines is 1. The number of nitrogens with zero attached hydrogens (tertiary/aromatic N) is 2. The molecule has 0 spiro atoms. The van der Waals surface area contributed by atoms with E-state index in [1.54, 1.807) is 23.4 Å². The van der Waals surface area contributed by atoms with E-state index in [-0.39, 0.29) is 12.5 Å². The number of aliphatic hydroxyl groups is 1. The standard InChI is InChI=1S/C17H17N3O2/c21-9-8-20(12-13-2-1-6-18-11-13)17(22)15-3-4-16-14(10-15)5-7-19-16/h1-7,10-11,19,21H,8-9,12H2. The van der Waals surface area contributed by atoms with Crippen LogP contribution in [-0.4, -0.2) is 39.0 Å². The van der Waals surface area contributed by atoms with E-state index < -0.39 is 0 Å². The van der Waals surface area contributed by atoms with Gasteiger partial charge in [-0.1, -0.05) is 6.07 Å². The number of fused-ring (bicyclic) bond motifs is 1. The second-order valence-electron chi connectivity index (χ2n) is 5.09. The number of pyridine rings is 1. The molecule has 0 aliphatic carbocycles. The first kappa shape index (κ1) is 14.3. The number of hydrogen-bond donors (Lipinski definition) is 2. The molecule has 0 atom stereocenters. The number of hydrogen-bond acceptors (Lipinski definition) is 3. The number of H-pyrrole nitrogens is 1. The zero-order valence-corrected chi connectivity index (χ0v) is 12.1. The first-order valence-electron chi connectivity index (χ1n) is 7.14. The van der Waals surface area contributed by atoms with Crippen LogP contribution in [0.5, 0.6) is 0 Å². The van der Waals surface area contributed by atoms with Gasteiger partial charge in [-0.25, -0.2) is 0 Å². The van der Waals surface area contributed by atoms with Crippen LogP contribution in [0, 0.1) is 0 Å². The lowest BCUT2D eigenvalue weighted by Gasteiger charge is -2.22. The highest BCUT2D eigenvalue weighted by atomic mass is 16.3. The van der Waals surface area contributed by atoms with Crippen molar-refractivity contribution in [1.82, 2.24) is 14.9 Å². The third kappa shape index (κ3) is 2.99. The van der Waals surface area contributed by atoms with Crippen molar-refractivity contribution >= 4 is 16.8 Å². The minimum absolute atomic E-state index is 0.0710. The maximum absolute atomic E-state index is 12.7. The van der Waals surface area contributed by atoms with Crippen molar-refractivity contribution in [3.8, 4) is 0 Å². The molecule has 5 heteroatoms. The molecule has 0 saturated heterocycles. The van der Waals surface area contributed by atoms with Gasteiger partial charge < -0.3 is 15.0 Å². The van der Waals surface area contributed by atoms with Crippen molar-refractivity contribution in [1.29, 1.82) is 0 Å². The quantitative estimate of drug-likeness (QED) is 0.758. The molecule has 22 heavy (non-hydrogen) atoms. The van der Waals surface area contributed by atoms with E-state index >= 15 is 0 Å². The van der Waals surface area contributed by atoms with Crippen LogP contribution in [0.25, 0.3) is 10.9 Å². The highest BCUT2D eigenvalue weighted by Crippen LogP contribution is 2.16. The van der Waals surface area contributed by atoms with Crippen LogP contribution < -0.4 is 0 Å². The van der Waals surface area contributed by atoms with Crippen LogP contribution in [0.3, 0.4) is 0 Å². The van der Waals surface area contributed by atoms with Crippen molar-refractivity contribution in [2.24, 2.45) is 0 Å². The number of amides is 1. The van der Waals surface area contributed by atoms with Crippen molar-refractivity contribution in [2.45, 2.75) is 6.54 Å². The lowest BCUT2D eigenvalue weighted by atomic mass is 10.1. The molecule has 3 rings (SSSR count). The zero-order chi connectivity index (χ0) is 15.4. The molecule has 1 amide bonds. The largest absolute Gasteiger partial charge is 0.395 e. The van der Waals surface area contributed by atoms with E-state index in [9.17, 15) is 9.90 Å². The summed E-state index contributed by atoms with van der Waals surface area (Å²) in [6.07, 6.45) is 5.27. The topological polar surface area (TPSA) is 69.2 Å². The van der Waals surface area contributed by atoms with Gasteiger partial charge in [-0.05, 0) is 35.9 Å². The summed E-state index contributed by atoms with van der Waals surface area (Å²) in [4.78, 5) is 21.5. The average Bonchev–Trinajstić information content (AvgIpc) is 3.02. The molecule has 0 saturated carbocycles. The Morgan fingerprint density at radius 3 is 2.95 bits per heavy atom. The molecular formula is C17H17N3O2. The molecular weight excluding hydrogens is 278 g/mol. The Kier molecular flexibility index (Phi) is 4.16. The van der Waals surface area contributed by atoms with Crippen LogP contribution >= 0.6 is 0 Å². The van der Waals surface area contributed by atoms with Crippen LogP contribution in [-0.2, 0) is 6.54 Å². The van der Waals surface area contributed by atoms with Crippen molar-refractivity contribution in [3.05, 3.63) is 66.1 Å².